The van der Waals surface area contributed by atoms with Gasteiger partial charge < -0.3 is 10.4 Å². The molecule has 3 aromatic rings. The number of ketones is 1. The molecule has 0 saturated carbocycles. The van der Waals surface area contributed by atoms with Crippen LogP contribution in [0.2, 0.25) is 0 Å². The van der Waals surface area contributed by atoms with Crippen LogP contribution in [-0.2, 0) is 16.0 Å². The number of unbranched alkanes of at least 4 members (excludes halogenated alkanes) is 1. The van der Waals surface area contributed by atoms with Gasteiger partial charge in [0.15, 0.2) is 5.78 Å². The third-order valence-corrected chi connectivity index (χ3v) is 5.57. The third kappa shape index (κ3) is 7.14. The summed E-state index contributed by atoms with van der Waals surface area (Å²) in [5, 5.41) is 12.5. The molecule has 3 rings (SSSR count). The van der Waals surface area contributed by atoms with Crippen LogP contribution in [0.4, 0.5) is 5.69 Å². The summed E-state index contributed by atoms with van der Waals surface area (Å²) < 4.78 is 0. The smallest absolute Gasteiger partial charge is 0.307 e. The zero-order valence-electron chi connectivity index (χ0n) is 18.8. The van der Waals surface area contributed by atoms with Gasteiger partial charge in [-0.3, -0.25) is 14.4 Å². The van der Waals surface area contributed by atoms with Gasteiger partial charge in [0.2, 0.25) is 5.91 Å². The molecule has 1 atom stereocenters. The van der Waals surface area contributed by atoms with Crippen molar-refractivity contribution in [3.63, 3.8) is 0 Å². The lowest BCUT2D eigenvalue weighted by Crippen LogP contribution is -2.20. The van der Waals surface area contributed by atoms with E-state index in [0.29, 0.717) is 18.4 Å². The first kappa shape index (κ1) is 23.9. The molecule has 0 aliphatic rings. The van der Waals surface area contributed by atoms with Crippen molar-refractivity contribution in [1.29, 1.82) is 0 Å². The van der Waals surface area contributed by atoms with Crippen LogP contribution < -0.4 is 5.32 Å². The van der Waals surface area contributed by atoms with Gasteiger partial charge in [0.05, 0.1) is 5.92 Å². The Balaban J connectivity index is 1.62. The molecule has 0 heterocycles. The van der Waals surface area contributed by atoms with Crippen LogP contribution >= 0.6 is 0 Å². The topological polar surface area (TPSA) is 83.5 Å². The number of rotatable bonds is 11. The van der Waals surface area contributed by atoms with E-state index in [1.54, 1.807) is 12.1 Å². The number of carboxylic acid groups (broad SMARTS) is 1. The maximum Gasteiger partial charge on any atom is 0.307 e. The average molecular weight is 444 g/mol. The Morgan fingerprint density at radius 3 is 2.03 bits per heavy atom. The molecule has 0 saturated heterocycles. The molecule has 1 amide bonds. The standard InChI is InChI=1S/C28H29NO4/c1-2-3-9-27(31)29-25-16-14-22(15-17-25)21-10-12-23(13-11-21)26(30)19-24(28(32)33)18-20-7-5-4-6-8-20/h4-8,10-17,24H,2-3,9,18-19H2,1H3,(H,29,31)(H,32,33)/t24-/m1/s1. The van der Waals surface area contributed by atoms with Crippen molar-refractivity contribution in [3.05, 3.63) is 90.0 Å². The highest BCUT2D eigenvalue weighted by atomic mass is 16.4. The van der Waals surface area contributed by atoms with Gasteiger partial charge in [-0.1, -0.05) is 80.1 Å². The number of carbonyl (C=O) groups excluding carboxylic acids is 2. The van der Waals surface area contributed by atoms with E-state index in [0.717, 1.165) is 35.2 Å². The van der Waals surface area contributed by atoms with E-state index in [4.69, 9.17) is 0 Å². The lowest BCUT2D eigenvalue weighted by atomic mass is 9.91. The lowest BCUT2D eigenvalue weighted by molar-refractivity contribution is -0.141. The molecule has 2 N–H and O–H groups in total. The van der Waals surface area contributed by atoms with E-state index >= 15 is 0 Å². The van der Waals surface area contributed by atoms with Crippen molar-refractivity contribution in [3.8, 4) is 11.1 Å². The molecule has 0 unspecified atom stereocenters. The number of carbonyl (C=O) groups is 3. The Hall–Kier alpha value is -3.73. The van der Waals surface area contributed by atoms with Crippen molar-refractivity contribution in [1.82, 2.24) is 0 Å². The molecule has 0 spiro atoms. The maximum absolute atomic E-state index is 12.7. The fourth-order valence-corrected chi connectivity index (χ4v) is 3.64. The second kappa shape index (κ2) is 11.8. The molecule has 5 heteroatoms. The Kier molecular flexibility index (Phi) is 8.53. The van der Waals surface area contributed by atoms with Crippen LogP contribution in [0, 0.1) is 5.92 Å². The highest BCUT2D eigenvalue weighted by Crippen LogP contribution is 2.23. The first-order valence-electron chi connectivity index (χ1n) is 11.3. The molecule has 0 radical (unpaired) electrons. The summed E-state index contributed by atoms with van der Waals surface area (Å²) in [5.74, 6) is -1.90. The minimum Gasteiger partial charge on any atom is -0.481 e. The Morgan fingerprint density at radius 1 is 0.848 bits per heavy atom. The number of hydrogen-bond donors (Lipinski definition) is 2. The molecule has 0 aliphatic heterocycles. The minimum atomic E-state index is -0.967. The van der Waals surface area contributed by atoms with Gasteiger partial charge in [-0.2, -0.15) is 0 Å². The normalized spacial score (nSPS) is 11.5. The molecule has 0 aliphatic carbocycles. The quantitative estimate of drug-likeness (QED) is 0.356. The van der Waals surface area contributed by atoms with Crippen LogP contribution in [0.5, 0.6) is 0 Å². The van der Waals surface area contributed by atoms with Gasteiger partial charge in [-0.25, -0.2) is 0 Å². The monoisotopic (exact) mass is 443 g/mol. The van der Waals surface area contributed by atoms with Crippen molar-refractivity contribution >= 4 is 23.3 Å². The summed E-state index contributed by atoms with van der Waals surface area (Å²) in [4.78, 5) is 36.3. The highest BCUT2D eigenvalue weighted by Gasteiger charge is 2.22. The van der Waals surface area contributed by atoms with Crippen molar-refractivity contribution in [2.75, 3.05) is 5.32 Å². The predicted octanol–water partition coefficient (Wildman–Crippen LogP) is 6.00. The Labute approximate surface area is 194 Å². The fourth-order valence-electron chi connectivity index (χ4n) is 3.64. The van der Waals surface area contributed by atoms with Crippen LogP contribution in [-0.4, -0.2) is 22.8 Å². The number of hydrogen-bond acceptors (Lipinski definition) is 3. The van der Waals surface area contributed by atoms with Gasteiger partial charge in [-0.15, -0.1) is 0 Å². The van der Waals surface area contributed by atoms with E-state index in [-0.39, 0.29) is 18.1 Å². The minimum absolute atomic E-state index is 0.0133. The van der Waals surface area contributed by atoms with Crippen molar-refractivity contribution in [2.45, 2.75) is 39.0 Å². The molecular formula is C28H29NO4. The van der Waals surface area contributed by atoms with E-state index in [1.807, 2.05) is 66.7 Å². The third-order valence-electron chi connectivity index (χ3n) is 5.57. The number of aliphatic carboxylic acids is 1. The summed E-state index contributed by atoms with van der Waals surface area (Å²) in [6.07, 6.45) is 2.64. The number of anilines is 1. The fraction of sp³-hybridized carbons (Fsp3) is 0.250. The molecule has 0 bridgehead atoms. The van der Waals surface area contributed by atoms with Crippen molar-refractivity contribution < 1.29 is 19.5 Å². The largest absolute Gasteiger partial charge is 0.481 e. The van der Waals surface area contributed by atoms with Gasteiger partial charge in [0, 0.05) is 24.1 Å². The first-order chi connectivity index (χ1) is 16.0. The number of Topliss-reactive ketones (excluding diaryl/α,β-unsaturated/α-hetero) is 1. The van der Waals surface area contributed by atoms with Gasteiger partial charge >= 0.3 is 5.97 Å². The van der Waals surface area contributed by atoms with E-state index in [2.05, 4.69) is 12.2 Å². The summed E-state index contributed by atoms with van der Waals surface area (Å²) in [6, 6.07) is 24.1. The van der Waals surface area contributed by atoms with E-state index < -0.39 is 11.9 Å². The summed E-state index contributed by atoms with van der Waals surface area (Å²) >= 11 is 0. The zero-order valence-corrected chi connectivity index (χ0v) is 18.8. The SMILES string of the molecule is CCCCC(=O)Nc1ccc(-c2ccc(C(=O)C[C@@H](Cc3ccccc3)C(=O)O)cc2)cc1. The molecule has 33 heavy (non-hydrogen) atoms. The molecule has 5 nitrogen and oxygen atoms in total. The molecule has 3 aromatic carbocycles. The molecule has 170 valence electrons. The lowest BCUT2D eigenvalue weighted by Gasteiger charge is -2.12. The Bertz CT molecular complexity index is 1070. The Morgan fingerprint density at radius 2 is 1.45 bits per heavy atom. The number of benzene rings is 3. The molecule has 0 aromatic heterocycles. The van der Waals surface area contributed by atoms with E-state index in [1.165, 1.54) is 0 Å². The summed E-state index contributed by atoms with van der Waals surface area (Å²) in [6.45, 7) is 2.05. The molecule has 0 fully saturated rings. The number of carboxylic acids is 1. The van der Waals surface area contributed by atoms with Gasteiger partial charge in [0.1, 0.15) is 0 Å². The first-order valence-corrected chi connectivity index (χ1v) is 11.3. The zero-order chi connectivity index (χ0) is 23.6. The average Bonchev–Trinajstić information content (AvgIpc) is 2.83. The second-order valence-corrected chi connectivity index (χ2v) is 8.16. The highest BCUT2D eigenvalue weighted by molar-refractivity contribution is 5.98. The van der Waals surface area contributed by atoms with Crippen LogP contribution in [0.1, 0.15) is 48.5 Å². The number of amides is 1. The van der Waals surface area contributed by atoms with Crippen LogP contribution in [0.3, 0.4) is 0 Å². The summed E-state index contributed by atoms with van der Waals surface area (Å²) in [7, 11) is 0. The van der Waals surface area contributed by atoms with Crippen LogP contribution in [0.15, 0.2) is 78.9 Å². The van der Waals surface area contributed by atoms with Crippen molar-refractivity contribution in [2.24, 2.45) is 5.92 Å². The van der Waals surface area contributed by atoms with Gasteiger partial charge in [0.25, 0.3) is 0 Å². The van der Waals surface area contributed by atoms with Gasteiger partial charge in [-0.05, 0) is 41.7 Å². The summed E-state index contributed by atoms with van der Waals surface area (Å²) in [5.41, 5.74) is 4.06. The van der Waals surface area contributed by atoms with E-state index in [9.17, 15) is 19.5 Å². The van der Waals surface area contributed by atoms with Crippen LogP contribution in [0.25, 0.3) is 11.1 Å². The predicted molar refractivity (Wildman–Crippen MR) is 130 cm³/mol. The molecular weight excluding hydrogens is 414 g/mol. The maximum atomic E-state index is 12.7. The second-order valence-electron chi connectivity index (χ2n) is 8.16. The number of nitrogens with one attached hydrogen (secondary N) is 1.